The van der Waals surface area contributed by atoms with Crippen molar-refractivity contribution in [3.05, 3.63) is 84.4 Å². The molecule has 0 saturated heterocycles. The van der Waals surface area contributed by atoms with E-state index in [2.05, 4.69) is 5.32 Å². The van der Waals surface area contributed by atoms with E-state index in [0.29, 0.717) is 17.2 Å². The highest BCUT2D eigenvalue weighted by Crippen LogP contribution is 2.23. The van der Waals surface area contributed by atoms with Crippen LogP contribution in [0.4, 0.5) is 14.5 Å². The van der Waals surface area contributed by atoms with Crippen molar-refractivity contribution >= 4 is 11.6 Å². The van der Waals surface area contributed by atoms with Crippen LogP contribution >= 0.6 is 0 Å². The Morgan fingerprint density at radius 1 is 0.769 bits per heavy atom. The molecular formula is C20H15F2NO3. The molecule has 6 heteroatoms. The van der Waals surface area contributed by atoms with Crippen LogP contribution in [0, 0.1) is 11.6 Å². The van der Waals surface area contributed by atoms with Gasteiger partial charge in [-0.25, -0.2) is 8.78 Å². The minimum absolute atomic E-state index is 0.382. The molecule has 1 N–H and O–H groups in total. The van der Waals surface area contributed by atoms with Gasteiger partial charge >= 0.3 is 0 Å². The van der Waals surface area contributed by atoms with Gasteiger partial charge < -0.3 is 14.8 Å². The fourth-order valence-corrected chi connectivity index (χ4v) is 2.17. The minimum atomic E-state index is -0.847. The molecule has 0 bridgehead atoms. The first kappa shape index (κ1) is 17.4. The van der Waals surface area contributed by atoms with Crippen LogP contribution < -0.4 is 14.8 Å². The first-order valence-electron chi connectivity index (χ1n) is 7.81. The lowest BCUT2D eigenvalue weighted by Crippen LogP contribution is -2.21. The van der Waals surface area contributed by atoms with E-state index in [1.807, 2.05) is 30.3 Å². The van der Waals surface area contributed by atoms with Gasteiger partial charge in [-0.1, -0.05) is 24.3 Å². The number of rotatable bonds is 6. The summed E-state index contributed by atoms with van der Waals surface area (Å²) in [7, 11) is 0. The second kappa shape index (κ2) is 8.11. The second-order valence-electron chi connectivity index (χ2n) is 5.32. The van der Waals surface area contributed by atoms with E-state index in [1.54, 1.807) is 24.3 Å². The van der Waals surface area contributed by atoms with Gasteiger partial charge in [-0.2, -0.15) is 0 Å². The Kier molecular flexibility index (Phi) is 5.43. The van der Waals surface area contributed by atoms with Gasteiger partial charge in [0.25, 0.3) is 5.91 Å². The summed E-state index contributed by atoms with van der Waals surface area (Å²) in [5, 5.41) is 2.15. The van der Waals surface area contributed by atoms with Crippen molar-refractivity contribution in [3.63, 3.8) is 0 Å². The second-order valence-corrected chi connectivity index (χ2v) is 5.32. The van der Waals surface area contributed by atoms with Crippen LogP contribution in [0.1, 0.15) is 0 Å². The maximum atomic E-state index is 13.5. The van der Waals surface area contributed by atoms with Crippen LogP contribution in [-0.4, -0.2) is 12.5 Å². The Morgan fingerprint density at radius 3 is 2.00 bits per heavy atom. The number of hydrogen-bond acceptors (Lipinski definition) is 3. The van der Waals surface area contributed by atoms with Crippen LogP contribution in [0.3, 0.4) is 0 Å². The topological polar surface area (TPSA) is 47.6 Å². The van der Waals surface area contributed by atoms with Gasteiger partial charge in [0.05, 0.1) is 0 Å². The van der Waals surface area contributed by atoms with Crippen molar-refractivity contribution in [3.8, 4) is 17.2 Å². The van der Waals surface area contributed by atoms with Crippen LogP contribution in [-0.2, 0) is 4.79 Å². The SMILES string of the molecule is O=C(COc1ccc(Oc2ccccc2)cc1)Nc1c(F)cccc1F. The number of nitrogens with one attached hydrogen (secondary N) is 1. The molecule has 132 valence electrons. The molecule has 3 rings (SSSR count). The molecule has 0 spiro atoms. The summed E-state index contributed by atoms with van der Waals surface area (Å²) in [6.45, 7) is -0.382. The van der Waals surface area contributed by atoms with Gasteiger partial charge in [0.15, 0.2) is 6.61 Å². The van der Waals surface area contributed by atoms with Crippen LogP contribution in [0.15, 0.2) is 72.8 Å². The molecule has 1 amide bonds. The highest BCUT2D eigenvalue weighted by molar-refractivity contribution is 5.92. The van der Waals surface area contributed by atoms with Gasteiger partial charge in [0.1, 0.15) is 34.6 Å². The van der Waals surface area contributed by atoms with Gasteiger partial charge in [-0.3, -0.25) is 4.79 Å². The van der Waals surface area contributed by atoms with Crippen molar-refractivity contribution in [2.75, 3.05) is 11.9 Å². The summed E-state index contributed by atoms with van der Waals surface area (Å²) >= 11 is 0. The van der Waals surface area contributed by atoms with E-state index in [-0.39, 0.29) is 6.61 Å². The van der Waals surface area contributed by atoms with E-state index in [0.717, 1.165) is 12.1 Å². The maximum Gasteiger partial charge on any atom is 0.262 e. The van der Waals surface area contributed by atoms with Crippen molar-refractivity contribution in [1.29, 1.82) is 0 Å². The summed E-state index contributed by atoms with van der Waals surface area (Å²) in [6.07, 6.45) is 0. The number of para-hydroxylation sites is 2. The molecule has 0 fully saturated rings. The molecule has 0 heterocycles. The highest BCUT2D eigenvalue weighted by atomic mass is 19.1. The average Bonchev–Trinajstić information content (AvgIpc) is 2.65. The van der Waals surface area contributed by atoms with E-state index in [4.69, 9.17) is 9.47 Å². The largest absolute Gasteiger partial charge is 0.484 e. The molecule has 0 aromatic heterocycles. The first-order valence-corrected chi connectivity index (χ1v) is 7.81. The van der Waals surface area contributed by atoms with Gasteiger partial charge in [-0.15, -0.1) is 0 Å². The molecular weight excluding hydrogens is 340 g/mol. The lowest BCUT2D eigenvalue weighted by atomic mass is 10.3. The van der Waals surface area contributed by atoms with Crippen molar-refractivity contribution in [1.82, 2.24) is 0 Å². The summed E-state index contributed by atoms with van der Waals surface area (Å²) in [4.78, 5) is 11.8. The number of hydrogen-bond donors (Lipinski definition) is 1. The van der Waals surface area contributed by atoms with E-state index in [1.165, 1.54) is 6.07 Å². The van der Waals surface area contributed by atoms with Gasteiger partial charge in [0, 0.05) is 0 Å². The van der Waals surface area contributed by atoms with Crippen LogP contribution in [0.25, 0.3) is 0 Å². The molecule has 0 radical (unpaired) electrons. The zero-order chi connectivity index (χ0) is 18.4. The normalized spacial score (nSPS) is 10.2. The Bertz CT molecular complexity index is 863. The smallest absolute Gasteiger partial charge is 0.262 e. The summed E-state index contributed by atoms with van der Waals surface area (Å²) in [6, 6.07) is 19.3. The predicted molar refractivity (Wildman–Crippen MR) is 93.4 cm³/mol. The number of ether oxygens (including phenoxy) is 2. The zero-order valence-electron chi connectivity index (χ0n) is 13.6. The number of halogens is 2. The summed E-state index contributed by atoms with van der Waals surface area (Å²) in [5.41, 5.74) is -0.493. The van der Waals surface area contributed by atoms with Crippen molar-refractivity contribution < 1.29 is 23.0 Å². The number of amides is 1. The first-order chi connectivity index (χ1) is 12.6. The van der Waals surface area contributed by atoms with Crippen molar-refractivity contribution in [2.45, 2.75) is 0 Å². The maximum absolute atomic E-state index is 13.5. The fraction of sp³-hybridized carbons (Fsp3) is 0.0500. The quantitative estimate of drug-likeness (QED) is 0.693. The number of carbonyl (C=O) groups is 1. The lowest BCUT2D eigenvalue weighted by Gasteiger charge is -2.10. The molecule has 4 nitrogen and oxygen atoms in total. The molecule has 0 aliphatic carbocycles. The Labute approximate surface area is 149 Å². The fourth-order valence-electron chi connectivity index (χ4n) is 2.17. The molecule has 0 aliphatic rings. The van der Waals surface area contributed by atoms with Crippen LogP contribution in [0.5, 0.6) is 17.2 Å². The Balaban J connectivity index is 1.54. The third-order valence-corrected chi connectivity index (χ3v) is 3.40. The van der Waals surface area contributed by atoms with E-state index in [9.17, 15) is 13.6 Å². The summed E-state index contributed by atoms with van der Waals surface area (Å²) < 4.78 is 37.9. The summed E-state index contributed by atoms with van der Waals surface area (Å²) in [5.74, 6) is -0.622. The molecule has 0 saturated carbocycles. The van der Waals surface area contributed by atoms with Gasteiger partial charge in [0.2, 0.25) is 0 Å². The lowest BCUT2D eigenvalue weighted by molar-refractivity contribution is -0.118. The molecule has 3 aromatic rings. The average molecular weight is 355 g/mol. The molecule has 0 aliphatic heterocycles. The van der Waals surface area contributed by atoms with Crippen LogP contribution in [0.2, 0.25) is 0 Å². The molecule has 26 heavy (non-hydrogen) atoms. The van der Waals surface area contributed by atoms with E-state index >= 15 is 0 Å². The number of benzene rings is 3. The van der Waals surface area contributed by atoms with Gasteiger partial charge in [-0.05, 0) is 48.5 Å². The van der Waals surface area contributed by atoms with Crippen molar-refractivity contribution in [2.24, 2.45) is 0 Å². The monoisotopic (exact) mass is 355 g/mol. The third-order valence-electron chi connectivity index (χ3n) is 3.40. The standard InChI is InChI=1S/C20H15F2NO3/c21-17-7-4-8-18(22)20(17)23-19(24)13-25-14-9-11-16(12-10-14)26-15-5-2-1-3-6-15/h1-12H,13H2,(H,23,24). The third kappa shape index (κ3) is 4.57. The Morgan fingerprint density at radius 2 is 1.35 bits per heavy atom. The number of anilines is 1. The molecule has 0 atom stereocenters. The Hall–Kier alpha value is -3.41. The minimum Gasteiger partial charge on any atom is -0.484 e. The molecule has 0 unspecified atom stereocenters. The molecule has 3 aromatic carbocycles. The zero-order valence-corrected chi connectivity index (χ0v) is 13.6. The predicted octanol–water partition coefficient (Wildman–Crippen LogP) is 4.77. The van der Waals surface area contributed by atoms with E-state index < -0.39 is 23.2 Å². The highest BCUT2D eigenvalue weighted by Gasteiger charge is 2.12. The number of carbonyl (C=O) groups excluding carboxylic acids is 1.